The summed E-state index contributed by atoms with van der Waals surface area (Å²) < 4.78 is 6.46. The number of halogens is 1. The molecule has 0 saturated carbocycles. The number of nitrogens with zero attached hydrogens (tertiary/aromatic N) is 3. The van der Waals surface area contributed by atoms with Crippen LogP contribution in [0.4, 0.5) is 0 Å². The fraction of sp³-hybridized carbons (Fsp3) is 0.636. The van der Waals surface area contributed by atoms with E-state index in [1.807, 2.05) is 0 Å². The topological polar surface area (TPSA) is 124 Å². The van der Waals surface area contributed by atoms with Crippen LogP contribution in [0.3, 0.4) is 0 Å². The number of aliphatic hydroxyl groups excluding tert-OH is 3. The van der Waals surface area contributed by atoms with Crippen molar-refractivity contribution in [2.24, 2.45) is 21.6 Å². The first-order valence-electron chi connectivity index (χ1n) is 6.16. The highest BCUT2D eigenvalue weighted by Gasteiger charge is 2.50. The Bertz CT molecular complexity index is 497. The number of nitrogens with two attached hydrogens (primary N) is 1. The Labute approximate surface area is 128 Å². The van der Waals surface area contributed by atoms with Crippen LogP contribution in [0.15, 0.2) is 19.8 Å². The quantitative estimate of drug-likeness (QED) is 0.417. The van der Waals surface area contributed by atoms with Gasteiger partial charge in [0, 0.05) is 9.78 Å². The highest BCUT2D eigenvalue weighted by Crippen LogP contribution is 2.39. The van der Waals surface area contributed by atoms with Crippen LogP contribution in [0.25, 0.3) is 0 Å². The summed E-state index contributed by atoms with van der Waals surface area (Å²) >= 11 is 2.15. The summed E-state index contributed by atoms with van der Waals surface area (Å²) in [4.78, 5) is 9.97. The molecule has 6 atom stereocenters. The van der Waals surface area contributed by atoms with Gasteiger partial charge in [0.15, 0.2) is 6.23 Å². The zero-order valence-corrected chi connectivity index (χ0v) is 12.5. The van der Waals surface area contributed by atoms with E-state index in [4.69, 9.17) is 15.6 Å². The number of hydrogen-bond acceptors (Lipinski definition) is 8. The van der Waals surface area contributed by atoms with Gasteiger partial charge in [0.25, 0.3) is 0 Å². The van der Waals surface area contributed by atoms with Gasteiger partial charge in [-0.15, -0.1) is 0 Å². The smallest absolute Gasteiger partial charge is 0.160 e. The predicted molar refractivity (Wildman–Crippen MR) is 79.1 cm³/mol. The molecule has 0 aromatic rings. The van der Waals surface area contributed by atoms with Crippen molar-refractivity contribution in [2.75, 3.05) is 6.61 Å². The van der Waals surface area contributed by atoms with E-state index in [0.717, 1.165) is 3.58 Å². The van der Waals surface area contributed by atoms with Crippen molar-refractivity contribution < 1.29 is 20.1 Å². The minimum Gasteiger partial charge on any atom is -0.394 e. The lowest BCUT2D eigenvalue weighted by atomic mass is 10.1. The van der Waals surface area contributed by atoms with E-state index in [1.54, 1.807) is 11.1 Å². The van der Waals surface area contributed by atoms with Crippen LogP contribution in [-0.4, -0.2) is 69.7 Å². The second-order valence-electron chi connectivity index (χ2n) is 4.90. The Hall–Kier alpha value is -0.750. The van der Waals surface area contributed by atoms with Gasteiger partial charge in [-0.3, -0.25) is 0 Å². The van der Waals surface area contributed by atoms with E-state index in [1.165, 1.54) is 6.34 Å². The molecule has 0 amide bonds. The molecule has 1 fully saturated rings. The maximum atomic E-state index is 10.1. The summed E-state index contributed by atoms with van der Waals surface area (Å²) in [6.45, 7) is -0.357. The summed E-state index contributed by atoms with van der Waals surface area (Å²) in [5.41, 5.74) is 5.88. The lowest BCUT2D eigenvalue weighted by molar-refractivity contribution is -0.0898. The van der Waals surface area contributed by atoms with E-state index in [9.17, 15) is 10.2 Å². The summed E-state index contributed by atoms with van der Waals surface area (Å²) in [5.74, 6) is 0.293. The average molecular weight is 394 g/mol. The van der Waals surface area contributed by atoms with Crippen LogP contribution >= 0.6 is 22.6 Å². The number of aliphatic hydroxyl groups is 3. The molecule has 110 valence electrons. The first kappa shape index (κ1) is 14.2. The van der Waals surface area contributed by atoms with Crippen molar-refractivity contribution in [1.82, 2.24) is 4.90 Å². The highest BCUT2D eigenvalue weighted by atomic mass is 127. The van der Waals surface area contributed by atoms with E-state index in [-0.39, 0.29) is 18.7 Å². The Morgan fingerprint density at radius 1 is 1.40 bits per heavy atom. The zero-order chi connectivity index (χ0) is 14.4. The van der Waals surface area contributed by atoms with Crippen LogP contribution in [0.5, 0.6) is 0 Å². The first-order valence-corrected chi connectivity index (χ1v) is 7.24. The van der Waals surface area contributed by atoms with Gasteiger partial charge in [0.05, 0.1) is 12.5 Å². The summed E-state index contributed by atoms with van der Waals surface area (Å²) in [7, 11) is 0. The lowest BCUT2D eigenvalue weighted by Gasteiger charge is -2.33. The van der Waals surface area contributed by atoms with Crippen molar-refractivity contribution in [3.05, 3.63) is 9.78 Å². The summed E-state index contributed by atoms with van der Waals surface area (Å²) in [6, 6.07) is 0. The molecule has 3 aliphatic rings. The minimum absolute atomic E-state index is 0.165. The van der Waals surface area contributed by atoms with Crippen LogP contribution < -0.4 is 5.73 Å². The molecular formula is C11H15IN4O4. The Kier molecular flexibility index (Phi) is 3.71. The second kappa shape index (κ2) is 5.22. The molecule has 9 heteroatoms. The molecule has 1 saturated heterocycles. The molecule has 8 nitrogen and oxygen atoms in total. The Morgan fingerprint density at radius 3 is 2.80 bits per heavy atom. The first-order chi connectivity index (χ1) is 9.54. The average Bonchev–Trinajstić information content (AvgIpc) is 2.90. The van der Waals surface area contributed by atoms with Crippen molar-refractivity contribution in [3.63, 3.8) is 0 Å². The fourth-order valence-electron chi connectivity index (χ4n) is 2.67. The van der Waals surface area contributed by atoms with E-state index >= 15 is 0 Å². The third kappa shape index (κ3) is 2.04. The maximum Gasteiger partial charge on any atom is 0.160 e. The minimum atomic E-state index is -1.13. The van der Waals surface area contributed by atoms with E-state index in [0.29, 0.717) is 5.84 Å². The van der Waals surface area contributed by atoms with Crippen molar-refractivity contribution in [3.8, 4) is 0 Å². The molecular weight excluding hydrogens is 379 g/mol. The number of fused-ring (bicyclic) bond motifs is 1. The molecule has 3 heterocycles. The monoisotopic (exact) mass is 394 g/mol. The molecule has 0 spiro atoms. The molecule has 0 aromatic heterocycles. The number of hydrogen-bond donors (Lipinski definition) is 4. The molecule has 5 N–H and O–H groups in total. The molecule has 0 aliphatic carbocycles. The molecule has 0 aromatic carbocycles. The third-order valence-electron chi connectivity index (χ3n) is 3.73. The van der Waals surface area contributed by atoms with Crippen LogP contribution in [0.1, 0.15) is 0 Å². The van der Waals surface area contributed by atoms with Gasteiger partial charge in [0.1, 0.15) is 36.7 Å². The van der Waals surface area contributed by atoms with Crippen molar-refractivity contribution >= 4 is 34.8 Å². The number of amidine groups is 1. The van der Waals surface area contributed by atoms with Crippen LogP contribution in [0, 0.1) is 5.92 Å². The van der Waals surface area contributed by atoms with Gasteiger partial charge in [-0.1, -0.05) is 0 Å². The molecule has 0 radical (unpaired) electrons. The van der Waals surface area contributed by atoms with E-state index < -0.39 is 24.5 Å². The fourth-order valence-corrected chi connectivity index (χ4v) is 3.63. The van der Waals surface area contributed by atoms with Gasteiger partial charge in [0.2, 0.25) is 0 Å². The maximum absolute atomic E-state index is 10.1. The standard InChI is InChI=1S/C11H15IN4O4/c12-4-1-16(10-6(4)9(13)14-3-15-10)11-8(19)7(18)5(2-17)20-11/h1,3,5-8,10-11,17-19H,2H2,(H2,13,14,15)/t5-,6?,7-,8-,10?,11-/m1/s1. The van der Waals surface area contributed by atoms with Crippen molar-refractivity contribution in [1.29, 1.82) is 0 Å². The van der Waals surface area contributed by atoms with Gasteiger partial charge >= 0.3 is 0 Å². The van der Waals surface area contributed by atoms with Gasteiger partial charge in [-0.05, 0) is 22.6 Å². The lowest BCUT2D eigenvalue weighted by Crippen LogP contribution is -2.48. The Morgan fingerprint density at radius 2 is 2.15 bits per heavy atom. The number of rotatable bonds is 2. The van der Waals surface area contributed by atoms with E-state index in [2.05, 4.69) is 32.6 Å². The predicted octanol–water partition coefficient (Wildman–Crippen LogP) is -1.64. The molecule has 0 bridgehead atoms. The largest absolute Gasteiger partial charge is 0.394 e. The second-order valence-corrected chi connectivity index (χ2v) is 6.15. The zero-order valence-electron chi connectivity index (χ0n) is 10.4. The van der Waals surface area contributed by atoms with Gasteiger partial charge in [-0.2, -0.15) is 0 Å². The molecule has 3 aliphatic heterocycles. The number of aliphatic imine (C=N–C) groups is 2. The molecule has 20 heavy (non-hydrogen) atoms. The Balaban J connectivity index is 1.86. The molecule has 3 rings (SSSR count). The van der Waals surface area contributed by atoms with Crippen LogP contribution in [0.2, 0.25) is 0 Å². The summed E-state index contributed by atoms with van der Waals surface area (Å²) in [5, 5.41) is 29.1. The highest BCUT2D eigenvalue weighted by molar-refractivity contribution is 14.1. The van der Waals surface area contributed by atoms with Gasteiger partial charge < -0.3 is 30.7 Å². The normalized spacial score (nSPS) is 43.5. The molecule has 2 unspecified atom stereocenters. The van der Waals surface area contributed by atoms with Crippen LogP contribution in [-0.2, 0) is 4.74 Å². The summed E-state index contributed by atoms with van der Waals surface area (Å²) in [6.07, 6.45) is -1.00. The van der Waals surface area contributed by atoms with Gasteiger partial charge in [-0.25, -0.2) is 9.98 Å². The number of ether oxygens (including phenoxy) is 1. The van der Waals surface area contributed by atoms with Crippen molar-refractivity contribution in [2.45, 2.75) is 30.7 Å². The third-order valence-corrected chi connectivity index (χ3v) is 4.68. The SMILES string of the molecule is NC1=NC=NC2C1C(I)=CN2[C@@H]1O[C@H](CO)[C@@H](O)[C@H]1O.